The van der Waals surface area contributed by atoms with Crippen molar-refractivity contribution in [3.8, 4) is 17.6 Å². The SMILES string of the molecule is [C-]#[N+]/C(=C(/C#N)c1ccc(OCCCCCCOC(=O)C=C)cc1)c1ccc(OC)cc1. The van der Waals surface area contributed by atoms with E-state index in [1.807, 2.05) is 0 Å². The van der Waals surface area contributed by atoms with E-state index in [1.54, 1.807) is 55.6 Å². The number of rotatable bonds is 12. The zero-order valence-corrected chi connectivity index (χ0v) is 18.2. The number of carbonyl (C=O) groups excluding carboxylic acids is 1. The normalized spacial score (nSPS) is 10.8. The van der Waals surface area contributed by atoms with Crippen molar-refractivity contribution in [3.63, 3.8) is 0 Å². The molecule has 0 N–H and O–H groups in total. The smallest absolute Gasteiger partial charge is 0.330 e. The predicted octanol–water partition coefficient (Wildman–Crippen LogP) is 5.67. The molecule has 6 nitrogen and oxygen atoms in total. The number of methoxy groups -OCH3 is 1. The fraction of sp³-hybridized carbons (Fsp3) is 0.269. The van der Waals surface area contributed by atoms with Crippen molar-refractivity contribution in [1.29, 1.82) is 5.26 Å². The average molecular weight is 431 g/mol. The van der Waals surface area contributed by atoms with Crippen LogP contribution < -0.4 is 9.47 Å². The summed E-state index contributed by atoms with van der Waals surface area (Å²) in [4.78, 5) is 14.5. The van der Waals surface area contributed by atoms with Crippen LogP contribution in [0.25, 0.3) is 16.1 Å². The third-order valence-electron chi connectivity index (χ3n) is 4.69. The summed E-state index contributed by atoms with van der Waals surface area (Å²) in [5.74, 6) is 1.01. The Morgan fingerprint density at radius 3 is 2.16 bits per heavy atom. The van der Waals surface area contributed by atoms with E-state index in [4.69, 9.17) is 20.8 Å². The number of nitrogens with zero attached hydrogens (tertiary/aromatic N) is 2. The van der Waals surface area contributed by atoms with Crippen molar-refractivity contribution >= 4 is 17.2 Å². The van der Waals surface area contributed by atoms with Crippen molar-refractivity contribution in [2.45, 2.75) is 25.7 Å². The topological polar surface area (TPSA) is 72.9 Å². The summed E-state index contributed by atoms with van der Waals surface area (Å²) in [7, 11) is 1.58. The Kier molecular flexibility index (Phi) is 10.1. The quantitative estimate of drug-likeness (QED) is 0.108. The molecule has 0 bridgehead atoms. The van der Waals surface area contributed by atoms with Gasteiger partial charge >= 0.3 is 5.97 Å². The first-order valence-corrected chi connectivity index (χ1v) is 10.3. The summed E-state index contributed by atoms with van der Waals surface area (Å²) in [6.45, 7) is 11.9. The van der Waals surface area contributed by atoms with Crippen LogP contribution in [0.2, 0.25) is 0 Å². The molecule has 0 saturated heterocycles. The van der Waals surface area contributed by atoms with E-state index in [1.165, 1.54) is 0 Å². The van der Waals surface area contributed by atoms with Gasteiger partial charge in [0.2, 0.25) is 5.70 Å². The summed E-state index contributed by atoms with van der Waals surface area (Å²) in [6, 6.07) is 16.4. The van der Waals surface area contributed by atoms with Gasteiger partial charge in [0.1, 0.15) is 11.5 Å². The van der Waals surface area contributed by atoms with Crippen LogP contribution in [-0.2, 0) is 9.53 Å². The first kappa shape index (κ1) is 24.2. The second kappa shape index (κ2) is 13.3. The van der Waals surface area contributed by atoms with Gasteiger partial charge in [0.05, 0.1) is 38.5 Å². The standard InChI is InChI=1S/C26H26N2O4/c1-4-25(29)32-18-8-6-5-7-17-31-23-15-9-20(10-16-23)24(19-27)26(28-2)21-11-13-22(30-3)14-12-21/h4,9-16H,1,5-8,17-18H2,3H3/b26-24-. The molecule has 2 rings (SSSR count). The number of carbonyl (C=O) groups is 1. The van der Waals surface area contributed by atoms with Crippen molar-refractivity contribution < 1.29 is 19.0 Å². The Morgan fingerprint density at radius 2 is 1.59 bits per heavy atom. The lowest BCUT2D eigenvalue weighted by Gasteiger charge is -2.09. The molecule has 0 radical (unpaired) electrons. The number of ether oxygens (including phenoxy) is 3. The molecule has 0 aliphatic rings. The molecular formula is C26H26N2O4. The summed E-state index contributed by atoms with van der Waals surface area (Å²) >= 11 is 0. The van der Waals surface area contributed by atoms with Crippen LogP contribution in [0.15, 0.2) is 61.2 Å². The molecule has 2 aromatic carbocycles. The number of hydrogen-bond acceptors (Lipinski definition) is 5. The van der Waals surface area contributed by atoms with E-state index in [9.17, 15) is 10.1 Å². The fourth-order valence-electron chi connectivity index (χ4n) is 2.97. The minimum Gasteiger partial charge on any atom is -0.497 e. The van der Waals surface area contributed by atoms with Gasteiger partial charge in [-0.1, -0.05) is 30.8 Å². The van der Waals surface area contributed by atoms with E-state index in [0.29, 0.717) is 47.1 Å². The molecule has 0 fully saturated rings. The van der Waals surface area contributed by atoms with E-state index >= 15 is 0 Å². The molecule has 0 aliphatic heterocycles. The maximum atomic E-state index is 10.9. The molecule has 0 aliphatic carbocycles. The van der Waals surface area contributed by atoms with E-state index in [-0.39, 0.29) is 0 Å². The number of benzene rings is 2. The largest absolute Gasteiger partial charge is 0.497 e. The summed E-state index contributed by atoms with van der Waals surface area (Å²) < 4.78 is 15.8. The van der Waals surface area contributed by atoms with Gasteiger partial charge in [0, 0.05) is 6.08 Å². The van der Waals surface area contributed by atoms with Gasteiger partial charge in [0.15, 0.2) is 0 Å². The highest BCUT2D eigenvalue weighted by Crippen LogP contribution is 2.29. The van der Waals surface area contributed by atoms with Gasteiger partial charge in [0.25, 0.3) is 0 Å². The van der Waals surface area contributed by atoms with E-state index < -0.39 is 5.97 Å². The Morgan fingerprint density at radius 1 is 1.00 bits per heavy atom. The monoisotopic (exact) mass is 430 g/mol. The van der Waals surface area contributed by atoms with Crippen molar-refractivity contribution in [2.75, 3.05) is 20.3 Å². The van der Waals surface area contributed by atoms with Crippen molar-refractivity contribution in [1.82, 2.24) is 0 Å². The Labute approximate surface area is 189 Å². The van der Waals surface area contributed by atoms with Gasteiger partial charge < -0.3 is 14.2 Å². The van der Waals surface area contributed by atoms with Crippen LogP contribution in [0.1, 0.15) is 36.8 Å². The second-order valence-corrected chi connectivity index (χ2v) is 6.83. The molecule has 0 atom stereocenters. The summed E-state index contributed by atoms with van der Waals surface area (Å²) in [5, 5.41) is 9.68. The lowest BCUT2D eigenvalue weighted by atomic mass is 10.0. The van der Waals surface area contributed by atoms with Crippen LogP contribution in [0.5, 0.6) is 11.5 Å². The van der Waals surface area contributed by atoms with Crippen LogP contribution in [0, 0.1) is 17.9 Å². The van der Waals surface area contributed by atoms with Crippen LogP contribution in [0.4, 0.5) is 0 Å². The van der Waals surface area contributed by atoms with E-state index in [2.05, 4.69) is 17.5 Å². The summed E-state index contributed by atoms with van der Waals surface area (Å²) in [6.07, 6.45) is 4.79. The minimum absolute atomic E-state index is 0.294. The molecule has 0 amide bonds. The van der Waals surface area contributed by atoms with Gasteiger partial charge in [-0.3, -0.25) is 0 Å². The molecule has 164 valence electrons. The predicted molar refractivity (Wildman–Crippen MR) is 124 cm³/mol. The molecule has 2 aromatic rings. The zero-order chi connectivity index (χ0) is 23.2. The molecule has 0 spiro atoms. The molecule has 0 unspecified atom stereocenters. The number of nitriles is 1. The molecule has 6 heteroatoms. The number of hydrogen-bond donors (Lipinski definition) is 0. The first-order valence-electron chi connectivity index (χ1n) is 10.3. The van der Waals surface area contributed by atoms with Crippen LogP contribution in [-0.4, -0.2) is 26.3 Å². The molecule has 0 heterocycles. The van der Waals surface area contributed by atoms with Crippen LogP contribution >= 0.6 is 0 Å². The number of allylic oxidation sites excluding steroid dienone is 1. The molecular weight excluding hydrogens is 404 g/mol. The highest BCUT2D eigenvalue weighted by Gasteiger charge is 2.12. The first-order chi connectivity index (χ1) is 15.6. The lowest BCUT2D eigenvalue weighted by Crippen LogP contribution is -2.02. The van der Waals surface area contributed by atoms with Crippen molar-refractivity contribution in [3.05, 3.63) is 83.7 Å². The molecule has 32 heavy (non-hydrogen) atoms. The Bertz CT molecular complexity index is 1010. The Hall–Kier alpha value is -4.03. The van der Waals surface area contributed by atoms with Crippen LogP contribution in [0.3, 0.4) is 0 Å². The summed E-state index contributed by atoms with van der Waals surface area (Å²) in [5.41, 5.74) is 1.93. The molecule has 0 saturated carbocycles. The maximum absolute atomic E-state index is 10.9. The third-order valence-corrected chi connectivity index (χ3v) is 4.69. The highest BCUT2D eigenvalue weighted by molar-refractivity contribution is 5.99. The van der Waals surface area contributed by atoms with E-state index in [0.717, 1.165) is 31.8 Å². The Balaban J connectivity index is 1.90. The zero-order valence-electron chi connectivity index (χ0n) is 18.2. The van der Waals surface area contributed by atoms with Gasteiger partial charge in [-0.15, -0.1) is 0 Å². The highest BCUT2D eigenvalue weighted by atomic mass is 16.5. The fourth-order valence-corrected chi connectivity index (χ4v) is 2.97. The second-order valence-electron chi connectivity index (χ2n) is 6.83. The number of unbranched alkanes of at least 4 members (excludes halogenated alkanes) is 3. The average Bonchev–Trinajstić information content (AvgIpc) is 2.84. The maximum Gasteiger partial charge on any atom is 0.330 e. The third kappa shape index (κ3) is 7.34. The minimum atomic E-state index is -0.390. The van der Waals surface area contributed by atoms with Crippen molar-refractivity contribution in [2.24, 2.45) is 0 Å². The van der Waals surface area contributed by atoms with Gasteiger partial charge in [-0.25, -0.2) is 9.64 Å². The van der Waals surface area contributed by atoms with Gasteiger partial charge in [-0.2, -0.15) is 5.26 Å². The molecule has 0 aromatic heterocycles. The number of esters is 1. The lowest BCUT2D eigenvalue weighted by molar-refractivity contribution is -0.137. The van der Waals surface area contributed by atoms with Gasteiger partial charge in [-0.05, 0) is 61.1 Å².